The van der Waals surface area contributed by atoms with Crippen molar-refractivity contribution in [3.63, 3.8) is 0 Å². The van der Waals surface area contributed by atoms with E-state index in [1.54, 1.807) is 36.4 Å². The molecule has 0 aromatic heterocycles. The van der Waals surface area contributed by atoms with Gasteiger partial charge in [-0.25, -0.2) is 4.79 Å². The van der Waals surface area contributed by atoms with E-state index in [4.69, 9.17) is 0 Å². The molecule has 3 rings (SSSR count). The van der Waals surface area contributed by atoms with Gasteiger partial charge in [0, 0.05) is 11.3 Å². The Morgan fingerprint density at radius 3 is 2.44 bits per heavy atom. The summed E-state index contributed by atoms with van der Waals surface area (Å²) >= 11 is 0.897. The number of nitrogens with zero attached hydrogens (tertiary/aromatic N) is 1. The predicted octanol–water partition coefficient (Wildman–Crippen LogP) is 2.99. The molecule has 1 atom stereocenters. The lowest BCUT2D eigenvalue weighted by atomic mass is 9.96. The van der Waals surface area contributed by atoms with Crippen LogP contribution in [0.3, 0.4) is 0 Å². The number of anilines is 1. The van der Waals surface area contributed by atoms with Gasteiger partial charge in [0.1, 0.15) is 6.04 Å². The van der Waals surface area contributed by atoms with Gasteiger partial charge in [0.25, 0.3) is 0 Å². The minimum absolute atomic E-state index is 0.0914. The van der Waals surface area contributed by atoms with Crippen LogP contribution in [0.25, 0.3) is 0 Å². The summed E-state index contributed by atoms with van der Waals surface area (Å²) in [5.74, 6) is -1.48. The average Bonchev–Trinajstić information content (AvgIpc) is 2.65. The first-order valence-electron chi connectivity index (χ1n) is 7.93. The zero-order valence-electron chi connectivity index (χ0n) is 13.4. The molecule has 0 radical (unpaired) electrons. The Hall–Kier alpha value is -2.60. The SMILES string of the molecule is O=C(SCC(=O)N1c2ccccc2CCC1C(=O)O)c1ccccc1. The number of carboxylic acids is 1. The van der Waals surface area contributed by atoms with Gasteiger partial charge in [-0.05, 0) is 24.5 Å². The number of carbonyl (C=O) groups is 3. The summed E-state index contributed by atoms with van der Waals surface area (Å²) in [5, 5.41) is 9.27. The van der Waals surface area contributed by atoms with E-state index in [2.05, 4.69) is 0 Å². The molecule has 25 heavy (non-hydrogen) atoms. The van der Waals surface area contributed by atoms with E-state index < -0.39 is 12.0 Å². The van der Waals surface area contributed by atoms with Crippen molar-refractivity contribution in [3.8, 4) is 0 Å². The molecule has 6 heteroatoms. The first kappa shape index (κ1) is 17.2. The van der Waals surface area contributed by atoms with Crippen molar-refractivity contribution in [1.29, 1.82) is 0 Å². The number of carboxylic acid groups (broad SMARTS) is 1. The van der Waals surface area contributed by atoms with Crippen LogP contribution in [0.4, 0.5) is 5.69 Å². The number of carbonyl (C=O) groups excluding carboxylic acids is 2. The highest BCUT2D eigenvalue weighted by atomic mass is 32.2. The number of aryl methyl sites for hydroxylation is 1. The molecule has 1 unspecified atom stereocenters. The molecule has 1 aliphatic heterocycles. The number of para-hydroxylation sites is 1. The summed E-state index contributed by atoms with van der Waals surface area (Å²) < 4.78 is 0. The first-order chi connectivity index (χ1) is 12.1. The van der Waals surface area contributed by atoms with Crippen LogP contribution in [0.5, 0.6) is 0 Å². The molecular weight excluding hydrogens is 338 g/mol. The number of amides is 1. The van der Waals surface area contributed by atoms with Gasteiger partial charge >= 0.3 is 5.97 Å². The largest absolute Gasteiger partial charge is 0.480 e. The molecule has 1 amide bonds. The molecule has 1 aliphatic rings. The van der Waals surface area contributed by atoms with Crippen molar-refractivity contribution in [2.75, 3.05) is 10.7 Å². The van der Waals surface area contributed by atoms with Gasteiger partial charge in [0.05, 0.1) is 5.75 Å². The third-order valence-corrected chi connectivity index (χ3v) is 5.03. The quantitative estimate of drug-likeness (QED) is 0.913. The third-order valence-electron chi connectivity index (χ3n) is 4.14. The van der Waals surface area contributed by atoms with E-state index in [0.717, 1.165) is 17.3 Å². The fourth-order valence-electron chi connectivity index (χ4n) is 2.94. The van der Waals surface area contributed by atoms with Crippen LogP contribution in [0.2, 0.25) is 0 Å². The Kier molecular flexibility index (Phi) is 5.19. The number of fused-ring (bicyclic) bond motifs is 1. The molecule has 0 saturated heterocycles. The standard InChI is InChI=1S/C19H17NO4S/c21-17(12-25-19(24)14-7-2-1-3-8-14)20-15-9-5-4-6-13(15)10-11-16(20)18(22)23/h1-9,16H,10-12H2,(H,22,23). The van der Waals surface area contributed by atoms with Gasteiger partial charge in [-0.2, -0.15) is 0 Å². The molecule has 1 heterocycles. The third kappa shape index (κ3) is 3.74. The maximum atomic E-state index is 12.7. The smallest absolute Gasteiger partial charge is 0.326 e. The van der Waals surface area contributed by atoms with E-state index >= 15 is 0 Å². The lowest BCUT2D eigenvalue weighted by Gasteiger charge is -2.34. The molecule has 2 aromatic carbocycles. The minimum Gasteiger partial charge on any atom is -0.480 e. The van der Waals surface area contributed by atoms with Crippen LogP contribution in [-0.2, 0) is 16.0 Å². The summed E-state index contributed by atoms with van der Waals surface area (Å²) in [7, 11) is 0. The fraction of sp³-hybridized carbons (Fsp3) is 0.211. The second-order valence-electron chi connectivity index (χ2n) is 5.73. The molecule has 5 nitrogen and oxygen atoms in total. The molecule has 1 N–H and O–H groups in total. The van der Waals surface area contributed by atoms with E-state index in [-0.39, 0.29) is 16.8 Å². The highest BCUT2D eigenvalue weighted by molar-refractivity contribution is 8.14. The monoisotopic (exact) mass is 355 g/mol. The van der Waals surface area contributed by atoms with Crippen LogP contribution in [0.1, 0.15) is 22.3 Å². The van der Waals surface area contributed by atoms with Gasteiger partial charge in [0.15, 0.2) is 0 Å². The molecule has 0 aliphatic carbocycles. The number of aliphatic carboxylic acids is 1. The number of thioether (sulfide) groups is 1. The summed E-state index contributed by atoms with van der Waals surface area (Å²) in [6.45, 7) is 0. The van der Waals surface area contributed by atoms with Crippen molar-refractivity contribution < 1.29 is 19.5 Å². The van der Waals surface area contributed by atoms with Gasteiger partial charge in [0.2, 0.25) is 11.0 Å². The lowest BCUT2D eigenvalue weighted by molar-refractivity contribution is -0.140. The van der Waals surface area contributed by atoms with Gasteiger partial charge in [-0.1, -0.05) is 60.3 Å². The van der Waals surface area contributed by atoms with Crippen LogP contribution in [0.15, 0.2) is 54.6 Å². The average molecular weight is 355 g/mol. The summed E-state index contributed by atoms with van der Waals surface area (Å²) in [4.78, 5) is 37.8. The van der Waals surface area contributed by atoms with Crippen molar-refractivity contribution in [2.45, 2.75) is 18.9 Å². The maximum absolute atomic E-state index is 12.7. The van der Waals surface area contributed by atoms with Crippen molar-refractivity contribution in [1.82, 2.24) is 0 Å². The molecular formula is C19H17NO4S. The number of hydrogen-bond acceptors (Lipinski definition) is 4. The number of rotatable bonds is 4. The first-order valence-corrected chi connectivity index (χ1v) is 8.91. The normalized spacial score (nSPS) is 16.2. The molecule has 0 bridgehead atoms. The molecule has 2 aromatic rings. The number of benzene rings is 2. The Morgan fingerprint density at radius 2 is 1.72 bits per heavy atom. The summed E-state index contributed by atoms with van der Waals surface area (Å²) in [5.41, 5.74) is 2.10. The Bertz CT molecular complexity index is 806. The summed E-state index contributed by atoms with van der Waals surface area (Å²) in [6.07, 6.45) is 0.988. The highest BCUT2D eigenvalue weighted by Crippen LogP contribution is 2.31. The zero-order chi connectivity index (χ0) is 17.8. The zero-order valence-corrected chi connectivity index (χ0v) is 14.2. The van der Waals surface area contributed by atoms with Gasteiger partial charge in [-0.3, -0.25) is 14.5 Å². The van der Waals surface area contributed by atoms with Crippen LogP contribution in [0, 0.1) is 0 Å². The molecule has 128 valence electrons. The van der Waals surface area contributed by atoms with E-state index in [1.165, 1.54) is 4.90 Å². The second kappa shape index (κ2) is 7.53. The fourth-order valence-corrected chi connectivity index (χ4v) is 3.64. The van der Waals surface area contributed by atoms with Crippen molar-refractivity contribution >= 4 is 34.4 Å². The van der Waals surface area contributed by atoms with Crippen LogP contribution in [-0.4, -0.2) is 33.9 Å². The molecule has 0 fully saturated rings. The highest BCUT2D eigenvalue weighted by Gasteiger charge is 2.35. The Morgan fingerprint density at radius 1 is 1.04 bits per heavy atom. The Balaban J connectivity index is 1.77. The molecule has 0 saturated carbocycles. The predicted molar refractivity (Wildman–Crippen MR) is 96.9 cm³/mol. The van der Waals surface area contributed by atoms with E-state index in [9.17, 15) is 19.5 Å². The van der Waals surface area contributed by atoms with Crippen molar-refractivity contribution in [3.05, 3.63) is 65.7 Å². The second-order valence-corrected chi connectivity index (χ2v) is 6.68. The topological polar surface area (TPSA) is 74.7 Å². The van der Waals surface area contributed by atoms with E-state index in [0.29, 0.717) is 24.1 Å². The van der Waals surface area contributed by atoms with Gasteiger partial charge in [-0.15, -0.1) is 0 Å². The van der Waals surface area contributed by atoms with Crippen LogP contribution < -0.4 is 4.90 Å². The van der Waals surface area contributed by atoms with Crippen LogP contribution >= 0.6 is 11.8 Å². The van der Waals surface area contributed by atoms with E-state index in [1.807, 2.05) is 18.2 Å². The van der Waals surface area contributed by atoms with Gasteiger partial charge < -0.3 is 5.11 Å². The van der Waals surface area contributed by atoms with Crippen molar-refractivity contribution in [2.24, 2.45) is 0 Å². The maximum Gasteiger partial charge on any atom is 0.326 e. The Labute approximate surface area is 149 Å². The lowest BCUT2D eigenvalue weighted by Crippen LogP contribution is -2.49. The minimum atomic E-state index is -1.03. The summed E-state index contributed by atoms with van der Waals surface area (Å²) in [6, 6.07) is 15.1. The number of hydrogen-bond donors (Lipinski definition) is 1. The molecule has 0 spiro atoms.